The van der Waals surface area contributed by atoms with Crippen molar-refractivity contribution in [2.24, 2.45) is 0 Å². The van der Waals surface area contributed by atoms with E-state index < -0.39 is 0 Å². The third-order valence-electron chi connectivity index (χ3n) is 1.74. The van der Waals surface area contributed by atoms with Gasteiger partial charge in [-0.3, -0.25) is 4.79 Å². The van der Waals surface area contributed by atoms with Crippen molar-refractivity contribution in [1.82, 2.24) is 9.97 Å². The van der Waals surface area contributed by atoms with Gasteiger partial charge in [-0.05, 0) is 35.9 Å². The van der Waals surface area contributed by atoms with E-state index in [0.29, 0.717) is 3.57 Å². The summed E-state index contributed by atoms with van der Waals surface area (Å²) in [7, 11) is 0. The molecule has 1 aromatic rings. The van der Waals surface area contributed by atoms with Crippen LogP contribution in [0.5, 0.6) is 0 Å². The summed E-state index contributed by atoms with van der Waals surface area (Å²) >= 11 is 3.63. The highest BCUT2D eigenvalue weighted by Gasteiger charge is 2.04. The number of rotatable bonds is 4. The van der Waals surface area contributed by atoms with Gasteiger partial charge in [0.1, 0.15) is 0 Å². The Labute approximate surface area is 101 Å². The number of thioether (sulfide) groups is 1. The standard InChI is InChI=1S/C9H13IN2OS/c1-3-4-5-14-9-11-6(2)7(10)8(13)12-9/h3-5H2,1-2H3,(H,11,12,13). The van der Waals surface area contributed by atoms with Crippen LogP contribution in [-0.2, 0) is 0 Å². The van der Waals surface area contributed by atoms with Crippen molar-refractivity contribution >= 4 is 34.4 Å². The van der Waals surface area contributed by atoms with Crippen molar-refractivity contribution in [3.63, 3.8) is 0 Å². The van der Waals surface area contributed by atoms with Crippen LogP contribution in [0, 0.1) is 10.5 Å². The molecule has 78 valence electrons. The summed E-state index contributed by atoms with van der Waals surface area (Å²) in [6, 6.07) is 0. The highest BCUT2D eigenvalue weighted by molar-refractivity contribution is 14.1. The second-order valence-corrected chi connectivity index (χ2v) is 5.13. The molecule has 0 saturated carbocycles. The van der Waals surface area contributed by atoms with E-state index in [1.807, 2.05) is 29.5 Å². The zero-order valence-electron chi connectivity index (χ0n) is 8.26. The molecular formula is C9H13IN2OS. The molecule has 14 heavy (non-hydrogen) atoms. The van der Waals surface area contributed by atoms with Gasteiger partial charge in [-0.2, -0.15) is 0 Å². The normalized spacial score (nSPS) is 10.5. The number of nitrogens with zero attached hydrogens (tertiary/aromatic N) is 1. The average molecular weight is 324 g/mol. The molecule has 0 fully saturated rings. The first kappa shape index (κ1) is 12.0. The minimum atomic E-state index is -0.0305. The fourth-order valence-corrected chi connectivity index (χ4v) is 2.18. The number of H-pyrrole nitrogens is 1. The van der Waals surface area contributed by atoms with Gasteiger partial charge < -0.3 is 4.98 Å². The summed E-state index contributed by atoms with van der Waals surface area (Å²) < 4.78 is 0.683. The van der Waals surface area contributed by atoms with Crippen molar-refractivity contribution in [2.45, 2.75) is 31.8 Å². The molecule has 0 atom stereocenters. The monoisotopic (exact) mass is 324 g/mol. The van der Waals surface area contributed by atoms with Crippen molar-refractivity contribution in [2.75, 3.05) is 5.75 Å². The highest BCUT2D eigenvalue weighted by Crippen LogP contribution is 2.14. The predicted molar refractivity (Wildman–Crippen MR) is 67.9 cm³/mol. The molecule has 0 saturated heterocycles. The first-order valence-corrected chi connectivity index (χ1v) is 6.60. The third-order valence-corrected chi connectivity index (χ3v) is 3.97. The Balaban J connectivity index is 2.75. The van der Waals surface area contributed by atoms with Crippen molar-refractivity contribution in [1.29, 1.82) is 0 Å². The zero-order chi connectivity index (χ0) is 10.6. The van der Waals surface area contributed by atoms with Crippen molar-refractivity contribution < 1.29 is 0 Å². The van der Waals surface area contributed by atoms with Crippen LogP contribution in [-0.4, -0.2) is 15.7 Å². The highest BCUT2D eigenvalue weighted by atomic mass is 127. The van der Waals surface area contributed by atoms with E-state index in [0.717, 1.165) is 23.0 Å². The Morgan fingerprint density at radius 2 is 2.29 bits per heavy atom. The maximum atomic E-state index is 11.4. The zero-order valence-corrected chi connectivity index (χ0v) is 11.2. The molecule has 0 aliphatic carbocycles. The Hall–Kier alpha value is -0.0400. The van der Waals surface area contributed by atoms with E-state index in [2.05, 4.69) is 16.9 Å². The van der Waals surface area contributed by atoms with E-state index in [4.69, 9.17) is 0 Å². The molecule has 0 amide bonds. The first-order chi connectivity index (χ1) is 6.65. The number of halogens is 1. The van der Waals surface area contributed by atoms with E-state index in [9.17, 15) is 4.79 Å². The molecule has 0 radical (unpaired) electrons. The molecule has 5 heteroatoms. The largest absolute Gasteiger partial charge is 0.301 e. The molecule has 0 aromatic carbocycles. The average Bonchev–Trinajstić information content (AvgIpc) is 2.14. The van der Waals surface area contributed by atoms with Crippen LogP contribution in [0.15, 0.2) is 9.95 Å². The topological polar surface area (TPSA) is 45.8 Å². The summed E-state index contributed by atoms with van der Waals surface area (Å²) in [5, 5.41) is 0.737. The van der Waals surface area contributed by atoms with Gasteiger partial charge in [-0.15, -0.1) is 0 Å². The van der Waals surface area contributed by atoms with E-state index in [1.165, 1.54) is 6.42 Å². The quantitative estimate of drug-likeness (QED) is 0.401. The lowest BCUT2D eigenvalue weighted by Crippen LogP contribution is -2.14. The van der Waals surface area contributed by atoms with E-state index in [-0.39, 0.29) is 5.56 Å². The lowest BCUT2D eigenvalue weighted by Gasteiger charge is -2.01. The summed E-state index contributed by atoms with van der Waals surface area (Å²) in [6.07, 6.45) is 2.32. The van der Waals surface area contributed by atoms with Gasteiger partial charge in [0, 0.05) is 5.75 Å². The van der Waals surface area contributed by atoms with Crippen molar-refractivity contribution in [3.8, 4) is 0 Å². The molecule has 1 rings (SSSR count). The number of aromatic amines is 1. The fourth-order valence-electron chi connectivity index (χ4n) is 0.927. The lowest BCUT2D eigenvalue weighted by molar-refractivity contribution is 0.870. The summed E-state index contributed by atoms with van der Waals surface area (Å²) in [4.78, 5) is 18.4. The Morgan fingerprint density at radius 1 is 1.57 bits per heavy atom. The second kappa shape index (κ2) is 5.75. The fraction of sp³-hybridized carbons (Fsp3) is 0.556. The van der Waals surface area contributed by atoms with Crippen LogP contribution >= 0.6 is 34.4 Å². The molecule has 0 aliphatic rings. The molecular weight excluding hydrogens is 311 g/mol. The maximum Gasteiger partial charge on any atom is 0.265 e. The minimum Gasteiger partial charge on any atom is -0.301 e. The van der Waals surface area contributed by atoms with Crippen LogP contribution in [0.1, 0.15) is 25.5 Å². The number of hydrogen-bond acceptors (Lipinski definition) is 3. The van der Waals surface area contributed by atoms with Crippen LogP contribution in [0.4, 0.5) is 0 Å². The van der Waals surface area contributed by atoms with Crippen LogP contribution in [0.25, 0.3) is 0 Å². The maximum absolute atomic E-state index is 11.4. The van der Waals surface area contributed by atoms with Crippen LogP contribution < -0.4 is 5.56 Å². The molecule has 0 bridgehead atoms. The molecule has 3 nitrogen and oxygen atoms in total. The Morgan fingerprint density at radius 3 is 2.86 bits per heavy atom. The first-order valence-electron chi connectivity index (χ1n) is 4.54. The summed E-state index contributed by atoms with van der Waals surface area (Å²) in [5.74, 6) is 1.01. The number of aryl methyl sites for hydroxylation is 1. The smallest absolute Gasteiger partial charge is 0.265 e. The van der Waals surface area contributed by atoms with Gasteiger partial charge in [0.15, 0.2) is 5.16 Å². The number of aromatic nitrogens is 2. The molecule has 0 unspecified atom stereocenters. The van der Waals surface area contributed by atoms with Gasteiger partial charge in [-0.25, -0.2) is 4.98 Å². The van der Waals surface area contributed by atoms with Gasteiger partial charge in [-0.1, -0.05) is 25.1 Å². The van der Waals surface area contributed by atoms with Crippen LogP contribution in [0.3, 0.4) is 0 Å². The predicted octanol–water partition coefficient (Wildman–Crippen LogP) is 2.58. The summed E-state index contributed by atoms with van der Waals surface area (Å²) in [5.41, 5.74) is 0.783. The summed E-state index contributed by atoms with van der Waals surface area (Å²) in [6.45, 7) is 4.01. The third kappa shape index (κ3) is 3.27. The van der Waals surface area contributed by atoms with Gasteiger partial charge in [0.05, 0.1) is 9.26 Å². The second-order valence-electron chi connectivity index (χ2n) is 2.97. The van der Waals surface area contributed by atoms with Crippen molar-refractivity contribution in [3.05, 3.63) is 19.6 Å². The number of nitrogens with one attached hydrogen (secondary N) is 1. The molecule has 1 N–H and O–H groups in total. The van der Waals surface area contributed by atoms with Gasteiger partial charge in [0.2, 0.25) is 0 Å². The Kier molecular flexibility index (Phi) is 4.94. The molecule has 1 heterocycles. The van der Waals surface area contributed by atoms with Gasteiger partial charge >= 0.3 is 0 Å². The lowest BCUT2D eigenvalue weighted by atomic mass is 10.4. The Bertz CT molecular complexity index is 364. The number of unbranched alkanes of at least 4 members (excludes halogenated alkanes) is 1. The van der Waals surface area contributed by atoms with E-state index >= 15 is 0 Å². The van der Waals surface area contributed by atoms with E-state index in [1.54, 1.807) is 11.8 Å². The SMILES string of the molecule is CCCCSc1nc(C)c(I)c(=O)[nH]1. The molecule has 0 spiro atoms. The molecule has 1 aromatic heterocycles. The molecule has 0 aliphatic heterocycles. The van der Waals surface area contributed by atoms with Gasteiger partial charge in [0.25, 0.3) is 5.56 Å². The number of hydrogen-bond donors (Lipinski definition) is 1. The minimum absolute atomic E-state index is 0.0305. The van der Waals surface area contributed by atoms with Crippen LogP contribution in [0.2, 0.25) is 0 Å².